The quantitative estimate of drug-likeness (QED) is 0.299. The molecular formula is C29H24ClN5O. The second-order valence-electron chi connectivity index (χ2n) is 9.05. The summed E-state index contributed by atoms with van der Waals surface area (Å²) in [6.45, 7) is 5.04. The molecule has 178 valence electrons. The Balaban J connectivity index is 1.64. The van der Waals surface area contributed by atoms with Gasteiger partial charge in [-0.3, -0.25) is 9.36 Å². The van der Waals surface area contributed by atoms with E-state index in [1.807, 2.05) is 60.0 Å². The van der Waals surface area contributed by atoms with E-state index < -0.39 is 0 Å². The van der Waals surface area contributed by atoms with Crippen LogP contribution in [0.4, 0.5) is 0 Å². The second-order valence-corrected chi connectivity index (χ2v) is 9.49. The van der Waals surface area contributed by atoms with Gasteiger partial charge in [0.25, 0.3) is 5.56 Å². The highest BCUT2D eigenvalue weighted by molar-refractivity contribution is 6.30. The van der Waals surface area contributed by atoms with Crippen LogP contribution in [-0.4, -0.2) is 24.1 Å². The first-order valence-electron chi connectivity index (χ1n) is 12.0. The third-order valence-corrected chi connectivity index (χ3v) is 6.81. The molecule has 0 amide bonds. The molecule has 0 unspecified atom stereocenters. The molecule has 6 nitrogen and oxygen atoms in total. The van der Waals surface area contributed by atoms with Crippen molar-refractivity contribution in [2.75, 3.05) is 0 Å². The van der Waals surface area contributed by atoms with Crippen molar-refractivity contribution >= 4 is 44.8 Å². The van der Waals surface area contributed by atoms with Gasteiger partial charge in [-0.1, -0.05) is 72.6 Å². The van der Waals surface area contributed by atoms with Crippen LogP contribution < -0.4 is 5.56 Å². The third kappa shape index (κ3) is 3.84. The van der Waals surface area contributed by atoms with Crippen LogP contribution in [0.3, 0.4) is 0 Å². The summed E-state index contributed by atoms with van der Waals surface area (Å²) in [5.74, 6) is 0.722. The summed E-state index contributed by atoms with van der Waals surface area (Å²) >= 11 is 6.07. The molecule has 0 saturated carbocycles. The minimum atomic E-state index is -0.107. The smallest absolute Gasteiger partial charge is 0.265 e. The molecule has 3 heterocycles. The molecule has 7 heteroatoms. The summed E-state index contributed by atoms with van der Waals surface area (Å²) in [5, 5.41) is 1.17. The number of fused-ring (bicyclic) bond motifs is 4. The van der Waals surface area contributed by atoms with E-state index in [0.717, 1.165) is 28.0 Å². The number of para-hydroxylation sites is 2. The zero-order chi connectivity index (χ0) is 24.8. The van der Waals surface area contributed by atoms with E-state index >= 15 is 0 Å². The summed E-state index contributed by atoms with van der Waals surface area (Å²) in [4.78, 5) is 28.9. The van der Waals surface area contributed by atoms with Gasteiger partial charge in [0.15, 0.2) is 11.3 Å². The Hall–Kier alpha value is -4.03. The summed E-state index contributed by atoms with van der Waals surface area (Å²) < 4.78 is 3.78. The topological polar surface area (TPSA) is 65.6 Å². The van der Waals surface area contributed by atoms with Crippen LogP contribution in [0.1, 0.15) is 29.4 Å². The van der Waals surface area contributed by atoms with Gasteiger partial charge in [0.2, 0.25) is 0 Å². The molecule has 0 radical (unpaired) electrons. The van der Waals surface area contributed by atoms with Gasteiger partial charge in [0, 0.05) is 11.4 Å². The number of hydrogen-bond acceptors (Lipinski definition) is 4. The molecule has 0 aliphatic heterocycles. The maximum absolute atomic E-state index is 14.1. The van der Waals surface area contributed by atoms with Crippen LogP contribution in [0, 0.1) is 6.92 Å². The fourth-order valence-electron chi connectivity index (χ4n) is 4.67. The predicted molar refractivity (Wildman–Crippen MR) is 145 cm³/mol. The van der Waals surface area contributed by atoms with E-state index in [2.05, 4.69) is 31.2 Å². The van der Waals surface area contributed by atoms with Gasteiger partial charge in [-0.15, -0.1) is 0 Å². The molecule has 0 saturated heterocycles. The first kappa shape index (κ1) is 22.4. The van der Waals surface area contributed by atoms with E-state index in [1.54, 1.807) is 4.57 Å². The molecule has 0 fully saturated rings. The van der Waals surface area contributed by atoms with Crippen LogP contribution >= 0.6 is 11.6 Å². The Kier molecular flexibility index (Phi) is 5.53. The second kappa shape index (κ2) is 8.88. The molecular weight excluding hydrogens is 470 g/mol. The monoisotopic (exact) mass is 493 g/mol. The Bertz CT molecular complexity index is 1800. The standard InChI is InChI=1S/C29H24ClN5O/c1-3-24-33-27-25(29(36)34(24)16-20-12-14-21(30)15-13-20)26-28(32-23-7-5-4-6-22(23)31-26)35(27)17-19-10-8-18(2)9-11-19/h4-15H,3,16-17H2,1-2H3. The lowest BCUT2D eigenvalue weighted by Gasteiger charge is -2.13. The zero-order valence-corrected chi connectivity index (χ0v) is 20.8. The number of benzene rings is 3. The Morgan fingerprint density at radius 2 is 1.36 bits per heavy atom. The molecule has 36 heavy (non-hydrogen) atoms. The van der Waals surface area contributed by atoms with Crippen molar-refractivity contribution in [3.8, 4) is 0 Å². The first-order chi connectivity index (χ1) is 17.5. The lowest BCUT2D eigenvalue weighted by Crippen LogP contribution is -2.26. The van der Waals surface area contributed by atoms with Crippen molar-refractivity contribution in [3.63, 3.8) is 0 Å². The van der Waals surface area contributed by atoms with Crippen LogP contribution in [0.15, 0.2) is 77.6 Å². The van der Waals surface area contributed by atoms with Crippen LogP contribution in [0.2, 0.25) is 5.02 Å². The average molecular weight is 494 g/mol. The summed E-state index contributed by atoms with van der Waals surface area (Å²) in [6, 6.07) is 23.7. The summed E-state index contributed by atoms with van der Waals surface area (Å²) in [5.41, 5.74) is 6.60. The van der Waals surface area contributed by atoms with E-state index in [0.29, 0.717) is 46.7 Å². The highest BCUT2D eigenvalue weighted by Crippen LogP contribution is 2.27. The van der Waals surface area contributed by atoms with Crippen LogP contribution in [0.5, 0.6) is 0 Å². The van der Waals surface area contributed by atoms with Crippen LogP contribution in [-0.2, 0) is 19.5 Å². The number of hydrogen-bond donors (Lipinski definition) is 0. The average Bonchev–Trinajstić information content (AvgIpc) is 3.18. The van der Waals surface area contributed by atoms with Crippen molar-refractivity contribution in [2.45, 2.75) is 33.4 Å². The molecule has 0 N–H and O–H groups in total. The molecule has 3 aromatic carbocycles. The molecule has 6 aromatic rings. The molecule has 0 spiro atoms. The first-order valence-corrected chi connectivity index (χ1v) is 12.4. The Labute approximate surface area is 212 Å². The maximum Gasteiger partial charge on any atom is 0.265 e. The van der Waals surface area contributed by atoms with Gasteiger partial charge in [0.05, 0.1) is 24.1 Å². The third-order valence-electron chi connectivity index (χ3n) is 6.56. The molecule has 0 atom stereocenters. The SMILES string of the molecule is CCc1nc2c(c(=O)n1Cc1ccc(Cl)cc1)c1nc3ccccc3nc1n2Cc1ccc(C)cc1. The van der Waals surface area contributed by atoms with Gasteiger partial charge in [-0.05, 0) is 42.3 Å². The minimum Gasteiger partial charge on any atom is -0.304 e. The highest BCUT2D eigenvalue weighted by atomic mass is 35.5. The molecule has 0 bridgehead atoms. The number of nitrogens with zero attached hydrogens (tertiary/aromatic N) is 5. The normalized spacial score (nSPS) is 11.6. The van der Waals surface area contributed by atoms with Gasteiger partial charge < -0.3 is 4.57 Å². The van der Waals surface area contributed by atoms with Gasteiger partial charge in [0.1, 0.15) is 16.7 Å². The molecule has 0 aliphatic carbocycles. The Morgan fingerprint density at radius 3 is 2.03 bits per heavy atom. The van der Waals surface area contributed by atoms with E-state index in [4.69, 9.17) is 26.6 Å². The number of aromatic nitrogens is 5. The van der Waals surface area contributed by atoms with Gasteiger partial charge in [-0.2, -0.15) is 0 Å². The molecule has 6 rings (SSSR count). The predicted octanol–water partition coefficient (Wildman–Crippen LogP) is 5.92. The minimum absolute atomic E-state index is 0.107. The zero-order valence-electron chi connectivity index (χ0n) is 20.1. The number of rotatable bonds is 5. The van der Waals surface area contributed by atoms with Gasteiger partial charge in [-0.25, -0.2) is 15.0 Å². The summed E-state index contributed by atoms with van der Waals surface area (Å²) in [7, 11) is 0. The van der Waals surface area contributed by atoms with Crippen molar-refractivity contribution in [2.24, 2.45) is 0 Å². The Morgan fingerprint density at radius 1 is 0.750 bits per heavy atom. The fourth-order valence-corrected chi connectivity index (χ4v) is 4.79. The van der Waals surface area contributed by atoms with Crippen LogP contribution in [0.25, 0.3) is 33.2 Å². The number of aryl methyl sites for hydroxylation is 2. The molecule has 0 aliphatic rings. The van der Waals surface area contributed by atoms with Crippen molar-refractivity contribution in [1.82, 2.24) is 24.1 Å². The fraction of sp³-hybridized carbons (Fsp3) is 0.172. The van der Waals surface area contributed by atoms with Crippen molar-refractivity contribution in [3.05, 3.63) is 111 Å². The van der Waals surface area contributed by atoms with Crippen molar-refractivity contribution in [1.29, 1.82) is 0 Å². The van der Waals surface area contributed by atoms with E-state index in [9.17, 15) is 4.79 Å². The lowest BCUT2D eigenvalue weighted by molar-refractivity contribution is 0.681. The number of halogens is 1. The summed E-state index contributed by atoms with van der Waals surface area (Å²) in [6.07, 6.45) is 0.619. The van der Waals surface area contributed by atoms with E-state index in [-0.39, 0.29) is 5.56 Å². The highest BCUT2D eigenvalue weighted by Gasteiger charge is 2.22. The van der Waals surface area contributed by atoms with Crippen molar-refractivity contribution < 1.29 is 0 Å². The van der Waals surface area contributed by atoms with Gasteiger partial charge >= 0.3 is 0 Å². The van der Waals surface area contributed by atoms with E-state index in [1.165, 1.54) is 5.56 Å². The largest absolute Gasteiger partial charge is 0.304 e. The maximum atomic E-state index is 14.1. The molecule has 3 aromatic heterocycles. The lowest BCUT2D eigenvalue weighted by atomic mass is 10.1.